The fourth-order valence-electron chi connectivity index (χ4n) is 2.23. The van der Waals surface area contributed by atoms with Gasteiger partial charge in [-0.2, -0.15) is 0 Å². The molecule has 0 saturated heterocycles. The Morgan fingerprint density at radius 3 is 2.46 bits per heavy atom. The highest BCUT2D eigenvalue weighted by Gasteiger charge is 2.05. The van der Waals surface area contributed by atoms with Crippen LogP contribution in [0.1, 0.15) is 20.2 Å². The summed E-state index contributed by atoms with van der Waals surface area (Å²) in [5.41, 5.74) is 0.604. The van der Waals surface area contributed by atoms with Crippen molar-refractivity contribution in [3.05, 3.63) is 45.9 Å². The summed E-state index contributed by atoms with van der Waals surface area (Å²) in [6, 6.07) is 7.01. The van der Waals surface area contributed by atoms with Gasteiger partial charge in [-0.3, -0.25) is 9.79 Å². The third kappa shape index (κ3) is 6.36. The van der Waals surface area contributed by atoms with Crippen molar-refractivity contribution in [3.8, 4) is 5.75 Å². The van der Waals surface area contributed by atoms with Gasteiger partial charge in [0, 0.05) is 49.7 Å². The maximum Gasteiger partial charge on any atom is 0.251 e. The first kappa shape index (κ1) is 19.7. The number of aryl methyl sites for hydroxylation is 1. The number of hydrogen-bond donors (Lipinski definition) is 3. The predicted octanol–water partition coefficient (Wildman–Crippen LogP) is 1.60. The van der Waals surface area contributed by atoms with Gasteiger partial charge in [0.15, 0.2) is 5.96 Å². The van der Waals surface area contributed by atoms with Crippen molar-refractivity contribution in [2.75, 3.05) is 33.8 Å². The summed E-state index contributed by atoms with van der Waals surface area (Å²) in [6.07, 6.45) is 2.74. The summed E-state index contributed by atoms with van der Waals surface area (Å²) in [6.45, 7) is 3.88. The van der Waals surface area contributed by atoms with Crippen LogP contribution in [-0.4, -0.2) is 50.6 Å². The SMILES string of the molecule is CN=C(NCCNC(=O)c1ccc(OC)cc1)NCCc1ncc(C)s1. The lowest BCUT2D eigenvalue weighted by Gasteiger charge is -2.12. The highest BCUT2D eigenvalue weighted by atomic mass is 32.1. The van der Waals surface area contributed by atoms with E-state index < -0.39 is 0 Å². The summed E-state index contributed by atoms with van der Waals surface area (Å²) in [4.78, 5) is 21.8. The van der Waals surface area contributed by atoms with Crippen LogP contribution in [0.15, 0.2) is 35.5 Å². The molecule has 3 N–H and O–H groups in total. The fraction of sp³-hybridized carbons (Fsp3) is 0.389. The largest absolute Gasteiger partial charge is 0.497 e. The number of rotatable bonds is 8. The van der Waals surface area contributed by atoms with Crippen molar-refractivity contribution in [1.82, 2.24) is 20.9 Å². The maximum atomic E-state index is 12.1. The molecular formula is C18H25N5O2S. The second-order valence-electron chi connectivity index (χ2n) is 5.52. The molecule has 1 aromatic carbocycles. The Hall–Kier alpha value is -2.61. The van der Waals surface area contributed by atoms with Crippen molar-refractivity contribution < 1.29 is 9.53 Å². The average Bonchev–Trinajstić information content (AvgIpc) is 3.08. The number of aromatic nitrogens is 1. The van der Waals surface area contributed by atoms with E-state index in [4.69, 9.17) is 4.74 Å². The van der Waals surface area contributed by atoms with E-state index in [1.807, 2.05) is 6.20 Å². The summed E-state index contributed by atoms with van der Waals surface area (Å²) < 4.78 is 5.08. The van der Waals surface area contributed by atoms with Crippen LogP contribution in [0, 0.1) is 6.92 Å². The monoisotopic (exact) mass is 375 g/mol. The minimum Gasteiger partial charge on any atom is -0.497 e. The Labute approximate surface area is 157 Å². The molecule has 7 nitrogen and oxygen atoms in total. The molecule has 0 spiro atoms. The summed E-state index contributed by atoms with van der Waals surface area (Å²) in [5, 5.41) is 10.4. The summed E-state index contributed by atoms with van der Waals surface area (Å²) >= 11 is 1.71. The van der Waals surface area contributed by atoms with Crippen molar-refractivity contribution in [2.45, 2.75) is 13.3 Å². The van der Waals surface area contributed by atoms with Crippen LogP contribution in [0.4, 0.5) is 0 Å². The fourth-order valence-corrected chi connectivity index (χ4v) is 3.01. The number of carbonyl (C=O) groups excluding carboxylic acids is 1. The Morgan fingerprint density at radius 2 is 1.85 bits per heavy atom. The average molecular weight is 375 g/mol. The highest BCUT2D eigenvalue weighted by molar-refractivity contribution is 7.11. The van der Waals surface area contributed by atoms with Gasteiger partial charge >= 0.3 is 0 Å². The lowest BCUT2D eigenvalue weighted by Crippen LogP contribution is -2.42. The lowest BCUT2D eigenvalue weighted by molar-refractivity contribution is 0.0954. The minimum absolute atomic E-state index is 0.114. The normalized spacial score (nSPS) is 11.1. The van der Waals surface area contributed by atoms with Gasteiger partial charge in [0.25, 0.3) is 5.91 Å². The molecule has 2 rings (SSSR count). The third-order valence-electron chi connectivity index (χ3n) is 3.58. The molecular weight excluding hydrogens is 350 g/mol. The van der Waals surface area contributed by atoms with Crippen LogP contribution in [-0.2, 0) is 6.42 Å². The van der Waals surface area contributed by atoms with E-state index in [1.54, 1.807) is 49.8 Å². The van der Waals surface area contributed by atoms with Gasteiger partial charge in [0.1, 0.15) is 5.75 Å². The summed E-state index contributed by atoms with van der Waals surface area (Å²) in [5.74, 6) is 1.32. The van der Waals surface area contributed by atoms with E-state index in [0.717, 1.165) is 23.7 Å². The molecule has 1 aromatic heterocycles. The first-order valence-corrected chi connectivity index (χ1v) is 9.22. The van der Waals surface area contributed by atoms with Crippen molar-refractivity contribution >= 4 is 23.2 Å². The van der Waals surface area contributed by atoms with Crippen molar-refractivity contribution in [2.24, 2.45) is 4.99 Å². The van der Waals surface area contributed by atoms with Gasteiger partial charge < -0.3 is 20.7 Å². The van der Waals surface area contributed by atoms with Gasteiger partial charge in [0.05, 0.1) is 12.1 Å². The van der Waals surface area contributed by atoms with Crippen molar-refractivity contribution in [1.29, 1.82) is 0 Å². The number of benzene rings is 1. The Kier molecular flexibility index (Phi) is 7.88. The number of thiazole rings is 1. The van der Waals surface area contributed by atoms with E-state index >= 15 is 0 Å². The molecule has 0 atom stereocenters. The number of methoxy groups -OCH3 is 1. The van der Waals surface area contributed by atoms with Gasteiger partial charge in [-0.05, 0) is 31.2 Å². The number of nitrogens with one attached hydrogen (secondary N) is 3. The summed E-state index contributed by atoms with van der Waals surface area (Å²) in [7, 11) is 3.32. The maximum absolute atomic E-state index is 12.1. The molecule has 2 aromatic rings. The third-order valence-corrected chi connectivity index (χ3v) is 4.55. The Bertz CT molecular complexity index is 727. The Balaban J connectivity index is 1.64. The highest BCUT2D eigenvalue weighted by Crippen LogP contribution is 2.11. The molecule has 0 aliphatic rings. The van der Waals surface area contributed by atoms with Gasteiger partial charge in [-0.1, -0.05) is 0 Å². The number of aliphatic imine (C=N–C) groups is 1. The molecule has 0 unspecified atom stereocenters. The molecule has 1 amide bonds. The molecule has 0 fully saturated rings. The van der Waals surface area contributed by atoms with Crippen LogP contribution < -0.4 is 20.7 Å². The van der Waals surface area contributed by atoms with Crippen LogP contribution in [0.2, 0.25) is 0 Å². The van der Waals surface area contributed by atoms with Gasteiger partial charge in [-0.25, -0.2) is 4.98 Å². The minimum atomic E-state index is -0.114. The number of ether oxygens (including phenoxy) is 1. The molecule has 0 saturated carbocycles. The van der Waals surface area contributed by atoms with Crippen molar-refractivity contribution in [3.63, 3.8) is 0 Å². The quantitative estimate of drug-likeness (QED) is 0.371. The van der Waals surface area contributed by atoms with Crippen LogP contribution >= 0.6 is 11.3 Å². The number of amides is 1. The smallest absolute Gasteiger partial charge is 0.251 e. The van der Waals surface area contributed by atoms with E-state index in [2.05, 4.69) is 32.9 Å². The first-order valence-electron chi connectivity index (χ1n) is 8.40. The number of nitrogens with zero attached hydrogens (tertiary/aromatic N) is 2. The zero-order chi connectivity index (χ0) is 18.8. The van der Waals surface area contributed by atoms with Crippen LogP contribution in [0.3, 0.4) is 0 Å². The molecule has 0 radical (unpaired) electrons. The second kappa shape index (κ2) is 10.4. The zero-order valence-corrected chi connectivity index (χ0v) is 16.2. The molecule has 1 heterocycles. The lowest BCUT2D eigenvalue weighted by atomic mass is 10.2. The molecule has 140 valence electrons. The molecule has 0 aliphatic carbocycles. The molecule has 26 heavy (non-hydrogen) atoms. The standard InChI is InChI=1S/C18H25N5O2S/c1-13-12-23-16(26-13)8-9-21-18(19-2)22-11-10-20-17(24)14-4-6-15(25-3)7-5-14/h4-7,12H,8-11H2,1-3H3,(H,20,24)(H2,19,21,22). The van der Waals surface area contributed by atoms with Gasteiger partial charge in [0.2, 0.25) is 0 Å². The topological polar surface area (TPSA) is 87.6 Å². The zero-order valence-electron chi connectivity index (χ0n) is 15.3. The second-order valence-corrected chi connectivity index (χ2v) is 6.84. The van der Waals surface area contributed by atoms with E-state index in [0.29, 0.717) is 24.6 Å². The van der Waals surface area contributed by atoms with Crippen LogP contribution in [0.25, 0.3) is 0 Å². The van der Waals surface area contributed by atoms with E-state index in [1.165, 1.54) is 4.88 Å². The van der Waals surface area contributed by atoms with Crippen LogP contribution in [0.5, 0.6) is 5.75 Å². The van der Waals surface area contributed by atoms with Gasteiger partial charge in [-0.15, -0.1) is 11.3 Å². The molecule has 8 heteroatoms. The van der Waals surface area contributed by atoms with E-state index in [-0.39, 0.29) is 5.91 Å². The molecule has 0 aliphatic heterocycles. The number of guanidine groups is 1. The first-order chi connectivity index (χ1) is 12.6. The number of carbonyl (C=O) groups is 1. The number of hydrogen-bond acceptors (Lipinski definition) is 5. The Morgan fingerprint density at radius 1 is 1.15 bits per heavy atom. The van der Waals surface area contributed by atoms with E-state index in [9.17, 15) is 4.79 Å². The molecule has 0 bridgehead atoms. The predicted molar refractivity (Wildman–Crippen MR) is 105 cm³/mol.